The highest BCUT2D eigenvalue weighted by Gasteiger charge is 2.05. The van der Waals surface area contributed by atoms with Crippen molar-refractivity contribution >= 4 is 24.0 Å². The van der Waals surface area contributed by atoms with E-state index in [1.54, 1.807) is 11.3 Å². The van der Waals surface area contributed by atoms with Gasteiger partial charge in [-0.15, -0.1) is 11.3 Å². The Kier molecular flexibility index (Phi) is 9.57. The predicted molar refractivity (Wildman–Crippen MR) is 89.4 cm³/mol. The van der Waals surface area contributed by atoms with Crippen LogP contribution in [0, 0.1) is 6.92 Å². The van der Waals surface area contributed by atoms with E-state index in [2.05, 4.69) is 36.5 Å². The first-order chi connectivity index (χ1) is 9.24. The van der Waals surface area contributed by atoms with Crippen LogP contribution in [0.25, 0.3) is 0 Å². The SMILES string of the molecule is Cc1ncsc1CN(C)CCCCCCCCCS. The smallest absolute Gasteiger partial charge is 0.0798 e. The van der Waals surface area contributed by atoms with Gasteiger partial charge in [-0.3, -0.25) is 0 Å². The summed E-state index contributed by atoms with van der Waals surface area (Å²) in [5.41, 5.74) is 3.14. The molecule has 1 rings (SSSR count). The van der Waals surface area contributed by atoms with Crippen LogP contribution in [0.15, 0.2) is 5.51 Å². The summed E-state index contributed by atoms with van der Waals surface area (Å²) >= 11 is 6.01. The standard InChI is InChI=1S/C15H28N2S2/c1-14-15(19-13-16-14)12-17(2)10-8-6-4-3-5-7-9-11-18/h13,18H,3-12H2,1-2H3. The molecule has 0 saturated carbocycles. The van der Waals surface area contributed by atoms with Crippen LogP contribution in [0.1, 0.15) is 55.5 Å². The first kappa shape index (κ1) is 17.0. The van der Waals surface area contributed by atoms with Gasteiger partial charge in [0.15, 0.2) is 0 Å². The van der Waals surface area contributed by atoms with E-state index in [0.29, 0.717) is 0 Å². The maximum Gasteiger partial charge on any atom is 0.0798 e. The predicted octanol–water partition coefficient (Wildman–Crippen LogP) is 4.54. The third kappa shape index (κ3) is 7.95. The van der Waals surface area contributed by atoms with E-state index in [-0.39, 0.29) is 0 Å². The topological polar surface area (TPSA) is 16.1 Å². The van der Waals surface area contributed by atoms with E-state index in [4.69, 9.17) is 0 Å². The van der Waals surface area contributed by atoms with Gasteiger partial charge < -0.3 is 4.90 Å². The minimum Gasteiger partial charge on any atom is -0.301 e. The summed E-state index contributed by atoms with van der Waals surface area (Å²) in [5.74, 6) is 1.04. The fourth-order valence-electron chi connectivity index (χ4n) is 2.18. The van der Waals surface area contributed by atoms with Crippen LogP contribution in [0.4, 0.5) is 0 Å². The summed E-state index contributed by atoms with van der Waals surface area (Å²) in [6, 6.07) is 0. The highest BCUT2D eigenvalue weighted by atomic mass is 32.1. The van der Waals surface area contributed by atoms with Crippen molar-refractivity contribution in [2.75, 3.05) is 19.3 Å². The van der Waals surface area contributed by atoms with Crippen LogP contribution >= 0.6 is 24.0 Å². The number of nitrogens with zero attached hydrogens (tertiary/aromatic N) is 2. The van der Waals surface area contributed by atoms with Gasteiger partial charge in [0.1, 0.15) is 0 Å². The zero-order valence-corrected chi connectivity index (χ0v) is 14.1. The monoisotopic (exact) mass is 300 g/mol. The van der Waals surface area contributed by atoms with Gasteiger partial charge in [0, 0.05) is 11.4 Å². The van der Waals surface area contributed by atoms with E-state index in [1.807, 2.05) is 5.51 Å². The van der Waals surface area contributed by atoms with Crippen LogP contribution in [-0.4, -0.2) is 29.2 Å². The van der Waals surface area contributed by atoms with Gasteiger partial charge in [0.25, 0.3) is 0 Å². The summed E-state index contributed by atoms with van der Waals surface area (Å²) in [6.45, 7) is 4.36. The van der Waals surface area contributed by atoms with E-state index in [0.717, 1.165) is 12.3 Å². The van der Waals surface area contributed by atoms with Crippen molar-refractivity contribution in [2.45, 2.75) is 58.4 Å². The van der Waals surface area contributed by atoms with Crippen molar-refractivity contribution in [3.63, 3.8) is 0 Å². The molecule has 0 aliphatic rings. The van der Waals surface area contributed by atoms with Crippen LogP contribution in [0.2, 0.25) is 0 Å². The molecule has 0 spiro atoms. The second-order valence-corrected chi connectivity index (χ2v) is 6.68. The van der Waals surface area contributed by atoms with E-state index >= 15 is 0 Å². The lowest BCUT2D eigenvalue weighted by Crippen LogP contribution is -2.18. The molecule has 1 heterocycles. The molecule has 0 unspecified atom stereocenters. The minimum atomic E-state index is 1.04. The molecule has 0 bridgehead atoms. The molecule has 19 heavy (non-hydrogen) atoms. The van der Waals surface area contributed by atoms with Crippen molar-refractivity contribution in [3.8, 4) is 0 Å². The number of aryl methyl sites for hydroxylation is 1. The minimum absolute atomic E-state index is 1.04. The summed E-state index contributed by atoms with van der Waals surface area (Å²) in [4.78, 5) is 8.13. The molecule has 0 fully saturated rings. The van der Waals surface area contributed by atoms with Crippen molar-refractivity contribution < 1.29 is 0 Å². The van der Waals surface area contributed by atoms with Crippen LogP contribution in [0.5, 0.6) is 0 Å². The molecule has 0 N–H and O–H groups in total. The number of aromatic nitrogens is 1. The van der Waals surface area contributed by atoms with Gasteiger partial charge >= 0.3 is 0 Å². The molecule has 0 radical (unpaired) electrons. The molecule has 0 atom stereocenters. The highest BCUT2D eigenvalue weighted by Crippen LogP contribution is 2.15. The molecule has 0 aliphatic carbocycles. The first-order valence-corrected chi connectivity index (χ1v) is 8.93. The third-order valence-corrected chi connectivity index (χ3v) is 4.69. The Hall–Kier alpha value is -0.0600. The highest BCUT2D eigenvalue weighted by molar-refractivity contribution is 7.80. The number of hydrogen-bond donors (Lipinski definition) is 1. The summed E-state index contributed by atoms with van der Waals surface area (Å²) in [7, 11) is 2.21. The summed E-state index contributed by atoms with van der Waals surface area (Å²) in [5, 5.41) is 0. The van der Waals surface area contributed by atoms with Crippen LogP contribution in [0.3, 0.4) is 0 Å². The lowest BCUT2D eigenvalue weighted by molar-refractivity contribution is 0.318. The molecule has 0 aromatic carbocycles. The van der Waals surface area contributed by atoms with E-state index in [1.165, 1.54) is 62.1 Å². The molecule has 1 aromatic heterocycles. The Morgan fingerprint density at radius 3 is 2.32 bits per heavy atom. The Balaban J connectivity index is 1.96. The average Bonchev–Trinajstić information content (AvgIpc) is 2.78. The second-order valence-electron chi connectivity index (χ2n) is 5.30. The molecule has 0 aliphatic heterocycles. The van der Waals surface area contributed by atoms with E-state index < -0.39 is 0 Å². The van der Waals surface area contributed by atoms with Gasteiger partial charge in [-0.05, 0) is 39.1 Å². The Labute approximate surface area is 128 Å². The first-order valence-electron chi connectivity index (χ1n) is 7.42. The zero-order valence-electron chi connectivity index (χ0n) is 12.4. The van der Waals surface area contributed by atoms with E-state index in [9.17, 15) is 0 Å². The molecule has 0 saturated heterocycles. The molecule has 0 amide bonds. The summed E-state index contributed by atoms with van der Waals surface area (Å²) in [6.07, 6.45) is 9.49. The van der Waals surface area contributed by atoms with Crippen molar-refractivity contribution in [1.82, 2.24) is 9.88 Å². The Morgan fingerprint density at radius 1 is 1.11 bits per heavy atom. The number of hydrogen-bond acceptors (Lipinski definition) is 4. The van der Waals surface area contributed by atoms with Crippen LogP contribution in [-0.2, 0) is 6.54 Å². The number of thiol groups is 1. The van der Waals surface area contributed by atoms with Gasteiger partial charge in [-0.25, -0.2) is 4.98 Å². The van der Waals surface area contributed by atoms with Crippen LogP contribution < -0.4 is 0 Å². The van der Waals surface area contributed by atoms with Crippen molar-refractivity contribution in [2.24, 2.45) is 0 Å². The van der Waals surface area contributed by atoms with Gasteiger partial charge in [-0.2, -0.15) is 12.6 Å². The lowest BCUT2D eigenvalue weighted by atomic mass is 10.1. The van der Waals surface area contributed by atoms with Gasteiger partial charge in [0.05, 0.1) is 11.2 Å². The maximum atomic E-state index is 4.30. The average molecular weight is 301 g/mol. The molecule has 2 nitrogen and oxygen atoms in total. The quantitative estimate of drug-likeness (QED) is 0.477. The van der Waals surface area contributed by atoms with Gasteiger partial charge in [-0.1, -0.05) is 32.1 Å². The Bertz CT molecular complexity index is 326. The third-order valence-electron chi connectivity index (χ3n) is 3.46. The number of thiazole rings is 1. The zero-order chi connectivity index (χ0) is 13.9. The molecule has 110 valence electrons. The summed E-state index contributed by atoms with van der Waals surface area (Å²) < 4.78 is 0. The second kappa shape index (κ2) is 10.7. The molecule has 1 aromatic rings. The maximum absolute atomic E-state index is 4.30. The number of rotatable bonds is 11. The Morgan fingerprint density at radius 2 is 1.74 bits per heavy atom. The molecular weight excluding hydrogens is 272 g/mol. The number of unbranched alkanes of at least 4 members (excludes halogenated alkanes) is 6. The normalized spacial score (nSPS) is 11.4. The fourth-order valence-corrected chi connectivity index (χ4v) is 3.26. The van der Waals surface area contributed by atoms with Crippen molar-refractivity contribution in [3.05, 3.63) is 16.1 Å². The molecular formula is C15H28N2S2. The van der Waals surface area contributed by atoms with Crippen molar-refractivity contribution in [1.29, 1.82) is 0 Å². The molecule has 4 heteroatoms. The van der Waals surface area contributed by atoms with Gasteiger partial charge in [0.2, 0.25) is 0 Å². The largest absolute Gasteiger partial charge is 0.301 e. The lowest BCUT2D eigenvalue weighted by Gasteiger charge is -2.15. The fraction of sp³-hybridized carbons (Fsp3) is 0.800.